The Bertz CT molecular complexity index is 616. The average Bonchev–Trinajstić information content (AvgIpc) is 2.22. The second kappa shape index (κ2) is 3.70. The Morgan fingerprint density at radius 3 is 2.50 bits per heavy atom. The van der Waals surface area contributed by atoms with Crippen molar-refractivity contribution in [2.45, 2.75) is 20.3 Å². The van der Waals surface area contributed by atoms with Gasteiger partial charge >= 0.3 is 0 Å². The summed E-state index contributed by atoms with van der Waals surface area (Å²) >= 11 is 0. The molecule has 0 unspecified atom stereocenters. The first-order valence-electron chi connectivity index (χ1n) is 5.05. The Morgan fingerprint density at radius 2 is 1.88 bits per heavy atom. The van der Waals surface area contributed by atoms with Crippen molar-refractivity contribution in [3.8, 4) is 0 Å². The number of pyridine rings is 1. The third kappa shape index (κ3) is 1.50. The van der Waals surface area contributed by atoms with E-state index in [1.165, 1.54) is 0 Å². The van der Waals surface area contributed by atoms with Gasteiger partial charge in [-0.05, 0) is 19.4 Å². The van der Waals surface area contributed by atoms with Crippen LogP contribution in [0.15, 0.2) is 16.9 Å². The van der Waals surface area contributed by atoms with E-state index in [0.717, 1.165) is 12.1 Å². The molecular formula is C12H11F2NO. The summed E-state index contributed by atoms with van der Waals surface area (Å²) in [5.74, 6) is -1.95. The van der Waals surface area contributed by atoms with E-state index in [1.807, 2.05) is 6.92 Å². The molecule has 0 radical (unpaired) electrons. The maximum atomic E-state index is 13.0. The fraction of sp³-hybridized carbons (Fsp3) is 0.250. The zero-order valence-corrected chi connectivity index (χ0v) is 9.03. The molecule has 0 spiro atoms. The van der Waals surface area contributed by atoms with Gasteiger partial charge in [0.05, 0.1) is 5.52 Å². The van der Waals surface area contributed by atoms with Crippen LogP contribution in [0.4, 0.5) is 8.78 Å². The minimum Gasteiger partial charge on any atom is -0.358 e. The molecule has 2 nitrogen and oxygen atoms in total. The van der Waals surface area contributed by atoms with E-state index in [0.29, 0.717) is 23.2 Å². The number of hydrogen-bond donors (Lipinski definition) is 1. The summed E-state index contributed by atoms with van der Waals surface area (Å²) in [6.07, 6.45) is 0.566. The lowest BCUT2D eigenvalue weighted by molar-refractivity contribution is 0.510. The molecule has 2 aromatic rings. The first kappa shape index (κ1) is 10.8. The van der Waals surface area contributed by atoms with E-state index in [4.69, 9.17) is 0 Å². The molecule has 1 N–H and O–H groups in total. The Balaban J connectivity index is 2.94. The topological polar surface area (TPSA) is 32.9 Å². The van der Waals surface area contributed by atoms with Gasteiger partial charge in [-0.15, -0.1) is 0 Å². The van der Waals surface area contributed by atoms with E-state index >= 15 is 0 Å². The summed E-state index contributed by atoms with van der Waals surface area (Å²) in [6, 6.07) is 1.96. The monoisotopic (exact) mass is 223 g/mol. The molecule has 0 atom stereocenters. The molecule has 2 rings (SSSR count). The Kier molecular flexibility index (Phi) is 2.50. The number of nitrogens with one attached hydrogen (secondary N) is 1. The van der Waals surface area contributed by atoms with Crippen molar-refractivity contribution in [1.82, 2.24) is 4.98 Å². The second-order valence-electron chi connectivity index (χ2n) is 3.72. The van der Waals surface area contributed by atoms with Crippen LogP contribution >= 0.6 is 0 Å². The number of hydrogen-bond acceptors (Lipinski definition) is 1. The molecule has 4 heteroatoms. The van der Waals surface area contributed by atoms with Crippen LogP contribution in [0.3, 0.4) is 0 Å². The Labute approximate surface area is 90.9 Å². The number of fused-ring (bicyclic) bond motifs is 1. The van der Waals surface area contributed by atoms with E-state index in [1.54, 1.807) is 6.92 Å². The number of benzene rings is 1. The molecule has 0 saturated heterocycles. The maximum absolute atomic E-state index is 13.0. The number of aryl methyl sites for hydroxylation is 1. The van der Waals surface area contributed by atoms with Gasteiger partial charge in [0.1, 0.15) is 0 Å². The van der Waals surface area contributed by atoms with Crippen LogP contribution in [0, 0.1) is 18.6 Å². The Morgan fingerprint density at radius 1 is 1.25 bits per heavy atom. The first-order chi connectivity index (χ1) is 7.54. The molecule has 1 heterocycles. The second-order valence-corrected chi connectivity index (χ2v) is 3.72. The Hall–Kier alpha value is -1.71. The molecule has 0 amide bonds. The third-order valence-electron chi connectivity index (χ3n) is 2.71. The molecule has 84 valence electrons. The highest BCUT2D eigenvalue weighted by Gasteiger charge is 2.11. The van der Waals surface area contributed by atoms with Gasteiger partial charge < -0.3 is 4.98 Å². The molecular weight excluding hydrogens is 212 g/mol. The van der Waals surface area contributed by atoms with Crippen molar-refractivity contribution in [2.75, 3.05) is 0 Å². The minimum atomic E-state index is -0.996. The van der Waals surface area contributed by atoms with Gasteiger partial charge in [0, 0.05) is 22.7 Å². The van der Waals surface area contributed by atoms with Crippen LogP contribution in [0.25, 0.3) is 10.9 Å². The van der Waals surface area contributed by atoms with Crippen molar-refractivity contribution < 1.29 is 8.78 Å². The van der Waals surface area contributed by atoms with Crippen molar-refractivity contribution >= 4 is 10.9 Å². The van der Waals surface area contributed by atoms with Crippen LogP contribution in [-0.2, 0) is 6.42 Å². The predicted octanol–water partition coefficient (Wildman–Crippen LogP) is 2.68. The van der Waals surface area contributed by atoms with Crippen LogP contribution in [0.5, 0.6) is 0 Å². The van der Waals surface area contributed by atoms with Crippen LogP contribution in [0.1, 0.15) is 18.2 Å². The molecule has 0 fully saturated rings. The number of halogens is 2. The van der Waals surface area contributed by atoms with E-state index in [-0.39, 0.29) is 10.8 Å². The minimum absolute atomic E-state index is 0.196. The lowest BCUT2D eigenvalue weighted by Gasteiger charge is -2.06. The van der Waals surface area contributed by atoms with Crippen molar-refractivity contribution in [3.05, 3.63) is 45.2 Å². The number of H-pyrrole nitrogens is 1. The van der Waals surface area contributed by atoms with Gasteiger partial charge in [-0.1, -0.05) is 6.92 Å². The molecule has 0 aliphatic rings. The highest BCUT2D eigenvalue weighted by Crippen LogP contribution is 2.16. The molecule has 1 aromatic heterocycles. The van der Waals surface area contributed by atoms with Gasteiger partial charge in [0.25, 0.3) is 0 Å². The lowest BCUT2D eigenvalue weighted by atomic mass is 10.1. The predicted molar refractivity (Wildman–Crippen MR) is 58.6 cm³/mol. The van der Waals surface area contributed by atoms with E-state index in [2.05, 4.69) is 4.98 Å². The first-order valence-corrected chi connectivity index (χ1v) is 5.05. The SMILES string of the molecule is CCc1c(C)[nH]c2cc(F)c(F)cc2c1=O. The molecule has 16 heavy (non-hydrogen) atoms. The van der Waals surface area contributed by atoms with E-state index in [9.17, 15) is 13.6 Å². The normalized spacial score (nSPS) is 11.0. The fourth-order valence-electron chi connectivity index (χ4n) is 1.87. The summed E-state index contributed by atoms with van der Waals surface area (Å²) in [5.41, 5.74) is 1.41. The van der Waals surface area contributed by atoms with Crippen molar-refractivity contribution in [1.29, 1.82) is 0 Å². The van der Waals surface area contributed by atoms with Crippen LogP contribution in [-0.4, -0.2) is 4.98 Å². The summed E-state index contributed by atoms with van der Waals surface area (Å²) in [6.45, 7) is 3.60. The quantitative estimate of drug-likeness (QED) is 0.792. The fourth-order valence-corrected chi connectivity index (χ4v) is 1.87. The van der Waals surface area contributed by atoms with Crippen molar-refractivity contribution in [3.63, 3.8) is 0 Å². The maximum Gasteiger partial charge on any atom is 0.192 e. The third-order valence-corrected chi connectivity index (χ3v) is 2.71. The molecule has 1 aromatic carbocycles. The van der Waals surface area contributed by atoms with Gasteiger partial charge in [-0.3, -0.25) is 4.79 Å². The molecule has 0 bridgehead atoms. The van der Waals surface area contributed by atoms with Crippen molar-refractivity contribution in [2.24, 2.45) is 0 Å². The highest BCUT2D eigenvalue weighted by molar-refractivity contribution is 5.79. The number of rotatable bonds is 1. The van der Waals surface area contributed by atoms with Gasteiger partial charge in [0.15, 0.2) is 17.1 Å². The van der Waals surface area contributed by atoms with Gasteiger partial charge in [-0.25, -0.2) is 8.78 Å². The van der Waals surface area contributed by atoms with E-state index < -0.39 is 11.6 Å². The van der Waals surface area contributed by atoms with Gasteiger partial charge in [0.2, 0.25) is 0 Å². The molecule has 0 saturated carbocycles. The number of aromatic nitrogens is 1. The summed E-state index contributed by atoms with van der Waals surface area (Å²) in [5, 5.41) is 0.196. The molecule has 0 aliphatic carbocycles. The van der Waals surface area contributed by atoms with Crippen LogP contribution in [0.2, 0.25) is 0 Å². The molecule has 0 aliphatic heterocycles. The smallest absolute Gasteiger partial charge is 0.192 e. The summed E-state index contributed by atoms with van der Waals surface area (Å²) in [4.78, 5) is 14.8. The number of aromatic amines is 1. The zero-order chi connectivity index (χ0) is 11.9. The summed E-state index contributed by atoms with van der Waals surface area (Å²) in [7, 11) is 0. The van der Waals surface area contributed by atoms with Crippen LogP contribution < -0.4 is 5.43 Å². The lowest BCUT2D eigenvalue weighted by Crippen LogP contribution is -2.13. The summed E-state index contributed by atoms with van der Waals surface area (Å²) < 4.78 is 26.0. The average molecular weight is 223 g/mol. The standard InChI is InChI=1S/C12H11F2NO/c1-3-7-6(2)15-11-5-10(14)9(13)4-8(11)12(7)16/h4-5H,3H2,1-2H3,(H,15,16). The highest BCUT2D eigenvalue weighted by atomic mass is 19.2. The largest absolute Gasteiger partial charge is 0.358 e. The zero-order valence-electron chi connectivity index (χ0n) is 9.03. The van der Waals surface area contributed by atoms with Gasteiger partial charge in [-0.2, -0.15) is 0 Å².